The van der Waals surface area contributed by atoms with E-state index in [0.29, 0.717) is 12.5 Å². The molecule has 4 nitrogen and oxygen atoms in total. The number of carbonyl (C=O) groups excluding carboxylic acids is 1. The molecule has 124 valence electrons. The van der Waals surface area contributed by atoms with Gasteiger partial charge in [0.25, 0.3) is 0 Å². The Morgan fingerprint density at radius 1 is 1.26 bits per heavy atom. The van der Waals surface area contributed by atoms with Crippen molar-refractivity contribution in [2.45, 2.75) is 32.4 Å². The molecule has 2 N–H and O–H groups in total. The van der Waals surface area contributed by atoms with Crippen molar-refractivity contribution in [3.8, 4) is 0 Å². The lowest BCUT2D eigenvalue weighted by Gasteiger charge is -2.16. The lowest BCUT2D eigenvalue weighted by Crippen LogP contribution is -2.31. The molecule has 0 unspecified atom stereocenters. The highest BCUT2D eigenvalue weighted by atomic mass is 32.2. The van der Waals surface area contributed by atoms with E-state index in [2.05, 4.69) is 30.5 Å². The number of furan rings is 1. The molecule has 0 saturated carbocycles. The number of hydrogen-bond donors (Lipinski definition) is 2. The summed E-state index contributed by atoms with van der Waals surface area (Å²) in [6, 6.07) is 9.79. The fourth-order valence-electron chi connectivity index (χ4n) is 2.30. The number of aryl methyl sites for hydroxylation is 1. The Morgan fingerprint density at radius 3 is 2.78 bits per heavy atom. The summed E-state index contributed by atoms with van der Waals surface area (Å²) in [6.45, 7) is 6.90. The van der Waals surface area contributed by atoms with Gasteiger partial charge in [-0.2, -0.15) is 11.8 Å². The van der Waals surface area contributed by atoms with E-state index in [9.17, 15) is 4.79 Å². The van der Waals surface area contributed by atoms with Crippen molar-refractivity contribution in [3.05, 3.63) is 53.5 Å². The second-order valence-electron chi connectivity index (χ2n) is 5.71. The minimum atomic E-state index is -0.153. The Hall–Kier alpha value is -1.88. The Bertz CT molecular complexity index is 624. The molecule has 23 heavy (non-hydrogen) atoms. The Balaban J connectivity index is 1.76. The van der Waals surface area contributed by atoms with E-state index in [1.807, 2.05) is 31.2 Å². The van der Waals surface area contributed by atoms with E-state index in [0.717, 1.165) is 34.1 Å². The SMILES string of the molecule is Cc1cccc(C(C)C)c1NC(=O)NCCSCc1ccco1. The van der Waals surface area contributed by atoms with Gasteiger partial charge in [-0.3, -0.25) is 0 Å². The maximum Gasteiger partial charge on any atom is 0.319 e. The molecule has 0 aliphatic heterocycles. The number of para-hydroxylation sites is 1. The second kappa shape index (κ2) is 8.67. The van der Waals surface area contributed by atoms with Crippen LogP contribution in [0.4, 0.5) is 10.5 Å². The third-order valence-electron chi connectivity index (χ3n) is 3.52. The normalized spacial score (nSPS) is 10.8. The molecule has 0 fully saturated rings. The Labute approximate surface area is 142 Å². The number of rotatable bonds is 7. The summed E-state index contributed by atoms with van der Waals surface area (Å²) in [5, 5.41) is 5.89. The number of amides is 2. The van der Waals surface area contributed by atoms with Crippen LogP contribution in [0.25, 0.3) is 0 Å². The fraction of sp³-hybridized carbons (Fsp3) is 0.389. The maximum atomic E-state index is 12.1. The first-order valence-electron chi connectivity index (χ1n) is 7.82. The first-order valence-corrected chi connectivity index (χ1v) is 8.98. The van der Waals surface area contributed by atoms with E-state index in [1.165, 1.54) is 0 Å². The summed E-state index contributed by atoms with van der Waals surface area (Å²) in [5.41, 5.74) is 3.16. The van der Waals surface area contributed by atoms with E-state index < -0.39 is 0 Å². The van der Waals surface area contributed by atoms with Crippen LogP contribution in [-0.2, 0) is 5.75 Å². The summed E-state index contributed by atoms with van der Waals surface area (Å²) in [6.07, 6.45) is 1.68. The van der Waals surface area contributed by atoms with Crippen LogP contribution in [0.2, 0.25) is 0 Å². The van der Waals surface area contributed by atoms with Crippen LogP contribution in [-0.4, -0.2) is 18.3 Å². The average molecular weight is 332 g/mol. The third kappa shape index (κ3) is 5.36. The van der Waals surface area contributed by atoms with Crippen LogP contribution in [0.3, 0.4) is 0 Å². The van der Waals surface area contributed by atoms with Gasteiger partial charge < -0.3 is 15.1 Å². The van der Waals surface area contributed by atoms with Gasteiger partial charge in [0.05, 0.1) is 12.0 Å². The standard InChI is InChI=1S/C18H24N2O2S/c1-13(2)16-8-4-6-14(3)17(16)20-18(21)19-9-11-23-12-15-7-5-10-22-15/h4-8,10,13H,9,11-12H2,1-3H3,(H2,19,20,21). The molecule has 0 saturated heterocycles. The van der Waals surface area contributed by atoms with Gasteiger partial charge in [0.2, 0.25) is 0 Å². The number of carbonyl (C=O) groups is 1. The quantitative estimate of drug-likeness (QED) is 0.718. The zero-order valence-electron chi connectivity index (χ0n) is 13.9. The number of hydrogen-bond acceptors (Lipinski definition) is 3. The second-order valence-corrected chi connectivity index (χ2v) is 6.81. The minimum absolute atomic E-state index is 0.153. The summed E-state index contributed by atoms with van der Waals surface area (Å²) >= 11 is 1.73. The van der Waals surface area contributed by atoms with E-state index in [4.69, 9.17) is 4.42 Å². The first-order chi connectivity index (χ1) is 11.1. The van der Waals surface area contributed by atoms with Gasteiger partial charge in [0.1, 0.15) is 5.76 Å². The molecule has 2 rings (SSSR count). The predicted molar refractivity (Wildman–Crippen MR) is 97.2 cm³/mol. The van der Waals surface area contributed by atoms with E-state index in [-0.39, 0.29) is 6.03 Å². The molecule has 1 aromatic carbocycles. The highest BCUT2D eigenvalue weighted by Gasteiger charge is 2.11. The summed E-state index contributed by atoms with van der Waals surface area (Å²) in [7, 11) is 0. The molecule has 0 bridgehead atoms. The zero-order valence-corrected chi connectivity index (χ0v) is 14.7. The maximum absolute atomic E-state index is 12.1. The topological polar surface area (TPSA) is 54.3 Å². The zero-order chi connectivity index (χ0) is 16.7. The highest BCUT2D eigenvalue weighted by molar-refractivity contribution is 7.98. The molecule has 0 aliphatic carbocycles. The van der Waals surface area contributed by atoms with Crippen LogP contribution in [0, 0.1) is 6.92 Å². The van der Waals surface area contributed by atoms with Crippen molar-refractivity contribution in [3.63, 3.8) is 0 Å². The third-order valence-corrected chi connectivity index (χ3v) is 4.50. The van der Waals surface area contributed by atoms with Crippen molar-refractivity contribution in [2.75, 3.05) is 17.6 Å². The summed E-state index contributed by atoms with van der Waals surface area (Å²) in [4.78, 5) is 12.1. The van der Waals surface area contributed by atoms with Crippen molar-refractivity contribution in [2.24, 2.45) is 0 Å². The fourth-order valence-corrected chi connectivity index (χ4v) is 3.06. The first kappa shape index (κ1) is 17.5. The van der Waals surface area contributed by atoms with Crippen molar-refractivity contribution in [1.29, 1.82) is 0 Å². The smallest absolute Gasteiger partial charge is 0.319 e. The lowest BCUT2D eigenvalue weighted by molar-refractivity contribution is 0.252. The number of thioether (sulfide) groups is 1. The van der Waals surface area contributed by atoms with Gasteiger partial charge in [-0.1, -0.05) is 32.0 Å². The molecular formula is C18H24N2O2S. The van der Waals surface area contributed by atoms with Crippen molar-refractivity contribution >= 4 is 23.5 Å². The number of nitrogens with one attached hydrogen (secondary N) is 2. The van der Waals surface area contributed by atoms with Gasteiger partial charge in [0.15, 0.2) is 0 Å². The van der Waals surface area contributed by atoms with Crippen molar-refractivity contribution in [1.82, 2.24) is 5.32 Å². The highest BCUT2D eigenvalue weighted by Crippen LogP contribution is 2.27. The molecule has 1 aromatic heterocycles. The van der Waals surface area contributed by atoms with Gasteiger partial charge in [-0.25, -0.2) is 4.79 Å². The molecule has 0 atom stereocenters. The van der Waals surface area contributed by atoms with Crippen LogP contribution >= 0.6 is 11.8 Å². The van der Waals surface area contributed by atoms with Crippen LogP contribution in [0.1, 0.15) is 36.7 Å². The molecule has 0 aliphatic rings. The Morgan fingerprint density at radius 2 is 2.09 bits per heavy atom. The molecule has 0 radical (unpaired) electrons. The molecule has 1 heterocycles. The minimum Gasteiger partial charge on any atom is -0.468 e. The molecular weight excluding hydrogens is 308 g/mol. The van der Waals surface area contributed by atoms with Crippen LogP contribution < -0.4 is 10.6 Å². The van der Waals surface area contributed by atoms with Crippen molar-refractivity contribution < 1.29 is 9.21 Å². The summed E-state index contributed by atoms with van der Waals surface area (Å²) in [5.74, 6) is 3.00. The van der Waals surface area contributed by atoms with E-state index in [1.54, 1.807) is 18.0 Å². The number of anilines is 1. The van der Waals surface area contributed by atoms with Crippen LogP contribution in [0.5, 0.6) is 0 Å². The number of urea groups is 1. The molecule has 2 amide bonds. The van der Waals surface area contributed by atoms with Gasteiger partial charge >= 0.3 is 6.03 Å². The predicted octanol–water partition coefficient (Wildman–Crippen LogP) is 4.77. The Kier molecular flexibility index (Phi) is 6.59. The van der Waals surface area contributed by atoms with Gasteiger partial charge in [-0.15, -0.1) is 0 Å². The monoisotopic (exact) mass is 332 g/mol. The molecule has 5 heteroatoms. The number of benzene rings is 1. The molecule has 0 spiro atoms. The average Bonchev–Trinajstić information content (AvgIpc) is 3.02. The summed E-state index contributed by atoms with van der Waals surface area (Å²) < 4.78 is 5.27. The molecule has 2 aromatic rings. The van der Waals surface area contributed by atoms with E-state index >= 15 is 0 Å². The van der Waals surface area contributed by atoms with Gasteiger partial charge in [-0.05, 0) is 36.1 Å². The van der Waals surface area contributed by atoms with Crippen LogP contribution in [0.15, 0.2) is 41.0 Å². The van der Waals surface area contributed by atoms with Gasteiger partial charge in [0, 0.05) is 18.0 Å². The lowest BCUT2D eigenvalue weighted by atomic mass is 9.98. The largest absolute Gasteiger partial charge is 0.468 e.